The zero-order valence-electron chi connectivity index (χ0n) is 17.1. The van der Waals surface area contributed by atoms with Gasteiger partial charge in [-0.05, 0) is 55.0 Å². The maximum Gasteiger partial charge on any atom is 0.573 e. The Balaban J connectivity index is 1.77. The van der Waals surface area contributed by atoms with E-state index in [1.54, 1.807) is 49.4 Å². The minimum Gasteiger partial charge on any atom is -0.508 e. The molecule has 1 aromatic heterocycles. The number of methoxy groups -OCH3 is 1. The van der Waals surface area contributed by atoms with Crippen LogP contribution in [0.3, 0.4) is 0 Å². The molecule has 4 rings (SSSR count). The van der Waals surface area contributed by atoms with Gasteiger partial charge in [0.1, 0.15) is 17.2 Å². The fourth-order valence-corrected chi connectivity index (χ4v) is 3.67. The van der Waals surface area contributed by atoms with Crippen LogP contribution in [0.15, 0.2) is 66.9 Å². The van der Waals surface area contributed by atoms with Crippen LogP contribution in [0.5, 0.6) is 17.2 Å². The predicted octanol–water partition coefficient (Wildman–Crippen LogP) is 5.92. The Bertz CT molecular complexity index is 1310. The number of hydrogen-bond donors (Lipinski definition) is 1. The molecular formula is C24H18F3NO4. The van der Waals surface area contributed by atoms with Crippen LogP contribution in [0.4, 0.5) is 13.2 Å². The second-order valence-electron chi connectivity index (χ2n) is 7.13. The van der Waals surface area contributed by atoms with Gasteiger partial charge in [0.15, 0.2) is 0 Å². The van der Waals surface area contributed by atoms with Crippen LogP contribution < -0.4 is 9.47 Å². The van der Waals surface area contributed by atoms with Crippen molar-refractivity contribution in [3.05, 3.63) is 78.0 Å². The van der Waals surface area contributed by atoms with Crippen molar-refractivity contribution in [3.63, 3.8) is 0 Å². The van der Waals surface area contributed by atoms with E-state index in [0.717, 1.165) is 11.1 Å². The van der Waals surface area contributed by atoms with Gasteiger partial charge in [-0.25, -0.2) is 0 Å². The van der Waals surface area contributed by atoms with Crippen molar-refractivity contribution in [2.45, 2.75) is 13.3 Å². The average Bonchev–Trinajstić information content (AvgIpc) is 3.15. The number of carbonyl (C=O) groups excluding carboxylic acids is 1. The number of rotatable bonds is 4. The largest absolute Gasteiger partial charge is 0.573 e. The summed E-state index contributed by atoms with van der Waals surface area (Å²) in [6.07, 6.45) is -3.33. The Hall–Kier alpha value is -3.94. The highest BCUT2D eigenvalue weighted by Gasteiger charge is 2.31. The summed E-state index contributed by atoms with van der Waals surface area (Å²) in [5.74, 6) is -0.212. The van der Waals surface area contributed by atoms with E-state index in [2.05, 4.69) is 4.74 Å². The van der Waals surface area contributed by atoms with E-state index >= 15 is 0 Å². The molecule has 0 aliphatic heterocycles. The van der Waals surface area contributed by atoms with E-state index in [4.69, 9.17) is 4.74 Å². The van der Waals surface area contributed by atoms with Crippen LogP contribution in [-0.4, -0.2) is 29.1 Å². The van der Waals surface area contributed by atoms with Gasteiger partial charge in [0, 0.05) is 34.3 Å². The van der Waals surface area contributed by atoms with Crippen molar-refractivity contribution in [2.75, 3.05) is 7.11 Å². The highest BCUT2D eigenvalue weighted by molar-refractivity contribution is 6.04. The van der Waals surface area contributed by atoms with Crippen LogP contribution in [0.1, 0.15) is 15.9 Å². The monoisotopic (exact) mass is 441 g/mol. The van der Waals surface area contributed by atoms with Gasteiger partial charge in [-0.15, -0.1) is 13.2 Å². The van der Waals surface area contributed by atoms with E-state index < -0.39 is 18.0 Å². The third-order valence-electron chi connectivity index (χ3n) is 5.14. The van der Waals surface area contributed by atoms with Crippen LogP contribution >= 0.6 is 0 Å². The molecule has 0 aliphatic carbocycles. The van der Waals surface area contributed by atoms with E-state index in [9.17, 15) is 23.1 Å². The fraction of sp³-hybridized carbons (Fsp3) is 0.125. The first-order valence-corrected chi connectivity index (χ1v) is 9.56. The number of phenolic OH excluding ortho intramolecular Hbond substituents is 1. The zero-order chi connectivity index (χ0) is 23.0. The number of hydrogen-bond acceptors (Lipinski definition) is 4. The van der Waals surface area contributed by atoms with Gasteiger partial charge in [0.25, 0.3) is 5.91 Å². The van der Waals surface area contributed by atoms with Crippen molar-refractivity contribution in [3.8, 4) is 28.4 Å². The maximum absolute atomic E-state index is 13.3. The predicted molar refractivity (Wildman–Crippen MR) is 113 cm³/mol. The van der Waals surface area contributed by atoms with Crippen molar-refractivity contribution in [2.24, 2.45) is 0 Å². The lowest BCUT2D eigenvalue weighted by Crippen LogP contribution is -2.17. The first-order chi connectivity index (χ1) is 15.2. The van der Waals surface area contributed by atoms with Crippen LogP contribution in [0, 0.1) is 6.92 Å². The summed E-state index contributed by atoms with van der Waals surface area (Å²) in [4.78, 5) is 13.3. The van der Waals surface area contributed by atoms with Crippen LogP contribution in [0.2, 0.25) is 0 Å². The summed E-state index contributed by atoms with van der Waals surface area (Å²) in [6.45, 7) is 1.74. The van der Waals surface area contributed by atoms with Gasteiger partial charge in [0.05, 0.1) is 12.6 Å². The summed E-state index contributed by atoms with van der Waals surface area (Å²) in [5, 5.41) is 10.1. The first-order valence-electron chi connectivity index (χ1n) is 9.56. The second-order valence-corrected chi connectivity index (χ2v) is 7.13. The Kier molecular flexibility index (Phi) is 5.30. The van der Waals surface area contributed by atoms with Crippen molar-refractivity contribution in [1.29, 1.82) is 0 Å². The van der Waals surface area contributed by atoms with E-state index in [1.165, 1.54) is 36.1 Å². The summed E-state index contributed by atoms with van der Waals surface area (Å²) in [7, 11) is 1.49. The molecule has 0 spiro atoms. The highest BCUT2D eigenvalue weighted by Crippen LogP contribution is 2.36. The number of alkyl halides is 3. The number of halogens is 3. The van der Waals surface area contributed by atoms with Gasteiger partial charge in [-0.3, -0.25) is 9.36 Å². The molecule has 0 bridgehead atoms. The molecule has 0 saturated carbocycles. The standard InChI is InChI=1S/C24H18F3NO4/c1-14-19(9-10-20(22(14)31-2)15-3-6-17(29)7-4-15)23(30)28-12-11-16-5-8-18(13-21(16)28)32-24(25,26)27/h3-13,29H,1-2H3. The van der Waals surface area contributed by atoms with Crippen molar-refractivity contribution < 1.29 is 32.5 Å². The molecule has 1 heterocycles. The number of carbonyl (C=O) groups is 1. The molecule has 0 saturated heterocycles. The van der Waals surface area contributed by atoms with E-state index in [0.29, 0.717) is 22.3 Å². The third-order valence-corrected chi connectivity index (χ3v) is 5.14. The SMILES string of the molecule is COc1c(-c2ccc(O)cc2)ccc(C(=O)n2ccc3ccc(OC(F)(F)F)cc32)c1C. The van der Waals surface area contributed by atoms with E-state index in [1.807, 2.05) is 0 Å². The average molecular weight is 441 g/mol. The first kappa shape index (κ1) is 21.3. The van der Waals surface area contributed by atoms with E-state index in [-0.39, 0.29) is 11.3 Å². The quantitative estimate of drug-likeness (QED) is 0.427. The molecule has 32 heavy (non-hydrogen) atoms. The minimum absolute atomic E-state index is 0.129. The number of fused-ring (bicyclic) bond motifs is 1. The number of aromatic nitrogens is 1. The van der Waals surface area contributed by atoms with Gasteiger partial charge in [-0.2, -0.15) is 0 Å². The molecule has 0 aliphatic rings. The van der Waals surface area contributed by atoms with Crippen molar-refractivity contribution in [1.82, 2.24) is 4.57 Å². The molecule has 0 fully saturated rings. The number of ether oxygens (including phenoxy) is 2. The molecular weight excluding hydrogens is 423 g/mol. The Labute approximate surface area is 181 Å². The molecule has 1 N–H and O–H groups in total. The molecule has 8 heteroatoms. The van der Waals surface area contributed by atoms with Gasteiger partial charge in [-0.1, -0.05) is 12.1 Å². The van der Waals surface area contributed by atoms with Crippen LogP contribution in [0.25, 0.3) is 22.0 Å². The topological polar surface area (TPSA) is 60.7 Å². The number of benzene rings is 3. The molecule has 3 aromatic carbocycles. The van der Waals surface area contributed by atoms with Crippen molar-refractivity contribution >= 4 is 16.8 Å². The highest BCUT2D eigenvalue weighted by atomic mass is 19.4. The Morgan fingerprint density at radius 3 is 2.38 bits per heavy atom. The molecule has 0 atom stereocenters. The summed E-state index contributed by atoms with van der Waals surface area (Å²) >= 11 is 0. The Morgan fingerprint density at radius 1 is 1.00 bits per heavy atom. The number of nitrogens with zero attached hydrogens (tertiary/aromatic N) is 1. The second kappa shape index (κ2) is 7.96. The normalized spacial score (nSPS) is 11.5. The fourth-order valence-electron chi connectivity index (χ4n) is 3.67. The number of aromatic hydroxyl groups is 1. The molecule has 0 amide bonds. The maximum atomic E-state index is 13.3. The molecule has 5 nitrogen and oxygen atoms in total. The third kappa shape index (κ3) is 3.99. The minimum atomic E-state index is -4.83. The summed E-state index contributed by atoms with van der Waals surface area (Å²) in [6, 6.07) is 15.4. The van der Waals surface area contributed by atoms with Crippen LogP contribution in [-0.2, 0) is 0 Å². The molecule has 0 unspecified atom stereocenters. The Morgan fingerprint density at radius 2 is 1.72 bits per heavy atom. The molecule has 164 valence electrons. The van der Waals surface area contributed by atoms with Gasteiger partial charge >= 0.3 is 6.36 Å². The lowest BCUT2D eigenvalue weighted by atomic mass is 9.97. The van der Waals surface area contributed by atoms with Gasteiger partial charge < -0.3 is 14.6 Å². The summed E-state index contributed by atoms with van der Waals surface area (Å²) in [5.41, 5.74) is 2.73. The zero-order valence-corrected chi connectivity index (χ0v) is 17.1. The van der Waals surface area contributed by atoms with Gasteiger partial charge in [0.2, 0.25) is 0 Å². The smallest absolute Gasteiger partial charge is 0.508 e. The number of phenols is 1. The summed E-state index contributed by atoms with van der Waals surface area (Å²) < 4.78 is 48.6. The lowest BCUT2D eigenvalue weighted by Gasteiger charge is -2.16. The molecule has 0 radical (unpaired) electrons. The lowest BCUT2D eigenvalue weighted by molar-refractivity contribution is -0.274. The molecule has 4 aromatic rings.